The lowest BCUT2D eigenvalue weighted by atomic mass is 10.1. The van der Waals surface area contributed by atoms with E-state index in [4.69, 9.17) is 9.15 Å². The molecule has 1 aromatic heterocycles. The zero-order chi connectivity index (χ0) is 17.8. The molecule has 25 heavy (non-hydrogen) atoms. The highest BCUT2D eigenvalue weighted by Crippen LogP contribution is 2.13. The first kappa shape index (κ1) is 16.6. The number of carbonyl (C=O) groups excluding carboxylic acids is 2. The van der Waals surface area contributed by atoms with Crippen LogP contribution in [-0.2, 0) is 11.2 Å². The van der Waals surface area contributed by atoms with Gasteiger partial charge in [-0.25, -0.2) is 9.59 Å². The Hall–Kier alpha value is -3.21. The molecule has 5 nitrogen and oxygen atoms in total. The van der Waals surface area contributed by atoms with Crippen LogP contribution in [0, 0.1) is 0 Å². The van der Waals surface area contributed by atoms with E-state index in [0.717, 1.165) is 12.0 Å². The third-order valence-corrected chi connectivity index (χ3v) is 3.88. The zero-order valence-electron chi connectivity index (χ0n) is 13.7. The summed E-state index contributed by atoms with van der Waals surface area (Å²) in [5.74, 6) is -1.21. The quantitative estimate of drug-likeness (QED) is 0.406. The number of hydrogen-bond acceptors (Lipinski definition) is 5. The average molecular weight is 336 g/mol. The van der Waals surface area contributed by atoms with Crippen molar-refractivity contribution in [2.75, 3.05) is 6.61 Å². The van der Waals surface area contributed by atoms with E-state index in [9.17, 15) is 14.4 Å². The molecule has 0 N–H and O–H groups in total. The van der Waals surface area contributed by atoms with Crippen LogP contribution >= 0.6 is 0 Å². The minimum atomic E-state index is -0.877. The van der Waals surface area contributed by atoms with Crippen LogP contribution in [0.2, 0.25) is 0 Å². The first-order valence-corrected chi connectivity index (χ1v) is 7.90. The molecule has 3 aromatic rings. The van der Waals surface area contributed by atoms with E-state index >= 15 is 0 Å². The summed E-state index contributed by atoms with van der Waals surface area (Å²) in [6, 6.07) is 15.3. The second kappa shape index (κ2) is 7.13. The van der Waals surface area contributed by atoms with Gasteiger partial charge in [0.25, 0.3) is 0 Å². The van der Waals surface area contributed by atoms with Crippen LogP contribution in [0.1, 0.15) is 33.2 Å². The zero-order valence-corrected chi connectivity index (χ0v) is 13.7. The number of fused-ring (bicyclic) bond motifs is 1. The van der Waals surface area contributed by atoms with Crippen molar-refractivity contribution in [3.8, 4) is 0 Å². The minimum absolute atomic E-state index is 0.229. The van der Waals surface area contributed by atoms with E-state index in [1.165, 1.54) is 6.07 Å². The molecule has 2 aromatic carbocycles. The lowest BCUT2D eigenvalue weighted by molar-refractivity contribution is 0.0470. The van der Waals surface area contributed by atoms with E-state index in [0.29, 0.717) is 16.5 Å². The molecule has 1 heterocycles. The molecule has 0 saturated heterocycles. The van der Waals surface area contributed by atoms with Gasteiger partial charge in [0.15, 0.2) is 12.4 Å². The Labute approximate surface area is 143 Å². The predicted octanol–water partition coefficient (Wildman–Crippen LogP) is 3.40. The lowest BCUT2D eigenvalue weighted by Crippen LogP contribution is -2.20. The second-order valence-electron chi connectivity index (χ2n) is 5.54. The Kier molecular flexibility index (Phi) is 4.75. The van der Waals surface area contributed by atoms with Gasteiger partial charge in [-0.15, -0.1) is 0 Å². The molecule has 0 aliphatic rings. The van der Waals surface area contributed by atoms with Crippen LogP contribution in [-0.4, -0.2) is 18.4 Å². The van der Waals surface area contributed by atoms with Crippen molar-refractivity contribution in [2.24, 2.45) is 0 Å². The van der Waals surface area contributed by atoms with Gasteiger partial charge in [0.2, 0.25) is 0 Å². The monoisotopic (exact) mass is 336 g/mol. The first-order chi connectivity index (χ1) is 12.1. The molecule has 0 radical (unpaired) electrons. The van der Waals surface area contributed by atoms with Gasteiger partial charge in [-0.3, -0.25) is 4.79 Å². The van der Waals surface area contributed by atoms with Crippen molar-refractivity contribution in [3.63, 3.8) is 0 Å². The second-order valence-corrected chi connectivity index (χ2v) is 5.54. The van der Waals surface area contributed by atoms with Gasteiger partial charge in [0.05, 0.1) is 0 Å². The van der Waals surface area contributed by atoms with E-state index in [2.05, 4.69) is 0 Å². The van der Waals surface area contributed by atoms with E-state index in [1.54, 1.807) is 36.4 Å². The molecule has 0 atom stereocenters. The van der Waals surface area contributed by atoms with Gasteiger partial charge in [0, 0.05) is 10.9 Å². The SMILES string of the molecule is CCc1ccc(C(=O)COC(=O)c2cc3ccccc3oc2=O)cc1. The number of esters is 1. The predicted molar refractivity (Wildman–Crippen MR) is 92.9 cm³/mol. The maximum absolute atomic E-state index is 12.1. The molecule has 0 unspecified atom stereocenters. The Balaban J connectivity index is 1.72. The fraction of sp³-hybridized carbons (Fsp3) is 0.150. The Bertz CT molecular complexity index is 983. The van der Waals surface area contributed by atoms with E-state index in [1.807, 2.05) is 19.1 Å². The smallest absolute Gasteiger partial charge is 0.351 e. The summed E-state index contributed by atoms with van der Waals surface area (Å²) in [5.41, 5.74) is 0.935. The number of hydrogen-bond donors (Lipinski definition) is 0. The molecule has 0 aliphatic carbocycles. The number of Topliss-reactive ketones (excluding diaryl/α,β-unsaturated/α-hetero) is 1. The van der Waals surface area contributed by atoms with Crippen molar-refractivity contribution < 1.29 is 18.7 Å². The minimum Gasteiger partial charge on any atom is -0.453 e. The summed E-state index contributed by atoms with van der Waals surface area (Å²) < 4.78 is 10.1. The highest BCUT2D eigenvalue weighted by Gasteiger charge is 2.17. The standard InChI is InChI=1S/C20H16O5/c1-2-13-7-9-14(10-8-13)17(21)12-24-19(22)16-11-15-5-3-4-6-18(15)25-20(16)23/h3-11H,2,12H2,1H3. The summed E-state index contributed by atoms with van der Waals surface area (Å²) in [4.78, 5) is 36.1. The number of para-hydroxylation sites is 1. The molecular weight excluding hydrogens is 320 g/mol. The van der Waals surface area contributed by atoms with Crippen LogP contribution in [0.25, 0.3) is 11.0 Å². The number of carbonyl (C=O) groups is 2. The third kappa shape index (κ3) is 3.66. The average Bonchev–Trinajstić information content (AvgIpc) is 2.65. The molecule has 0 spiro atoms. The van der Waals surface area contributed by atoms with Crippen LogP contribution in [0.15, 0.2) is 63.8 Å². The number of ketones is 1. The molecule has 0 fully saturated rings. The van der Waals surface area contributed by atoms with Crippen molar-refractivity contribution in [3.05, 3.63) is 81.7 Å². The number of ether oxygens (including phenoxy) is 1. The molecule has 0 amide bonds. The summed E-state index contributed by atoms with van der Waals surface area (Å²) in [7, 11) is 0. The Morgan fingerprint density at radius 1 is 1.04 bits per heavy atom. The molecule has 3 rings (SSSR count). The third-order valence-electron chi connectivity index (χ3n) is 3.88. The molecule has 5 heteroatoms. The summed E-state index contributed by atoms with van der Waals surface area (Å²) >= 11 is 0. The Morgan fingerprint density at radius 3 is 2.48 bits per heavy atom. The van der Waals surface area contributed by atoms with Gasteiger partial charge in [0.1, 0.15) is 11.1 Å². The lowest BCUT2D eigenvalue weighted by Gasteiger charge is -2.05. The van der Waals surface area contributed by atoms with Crippen molar-refractivity contribution in [2.45, 2.75) is 13.3 Å². The van der Waals surface area contributed by atoms with Gasteiger partial charge in [-0.05, 0) is 24.1 Å². The van der Waals surface area contributed by atoms with Gasteiger partial charge in [-0.2, -0.15) is 0 Å². The van der Waals surface area contributed by atoms with Gasteiger partial charge < -0.3 is 9.15 Å². The molecule has 0 aliphatic heterocycles. The maximum Gasteiger partial charge on any atom is 0.351 e. The summed E-state index contributed by atoms with van der Waals surface area (Å²) in [5, 5.41) is 0.607. The molecule has 0 saturated carbocycles. The number of aryl methyl sites for hydroxylation is 1. The van der Waals surface area contributed by atoms with Gasteiger partial charge in [-0.1, -0.05) is 49.4 Å². The van der Waals surface area contributed by atoms with Crippen molar-refractivity contribution >= 4 is 22.7 Å². The Morgan fingerprint density at radius 2 is 1.76 bits per heavy atom. The van der Waals surface area contributed by atoms with E-state index in [-0.39, 0.29) is 11.3 Å². The fourth-order valence-corrected chi connectivity index (χ4v) is 2.42. The van der Waals surface area contributed by atoms with Crippen LogP contribution in [0.5, 0.6) is 0 Å². The highest BCUT2D eigenvalue weighted by atomic mass is 16.5. The summed E-state index contributed by atoms with van der Waals surface area (Å²) in [6.07, 6.45) is 0.876. The number of rotatable bonds is 5. The summed E-state index contributed by atoms with van der Waals surface area (Å²) in [6.45, 7) is 1.59. The van der Waals surface area contributed by atoms with Crippen LogP contribution in [0.3, 0.4) is 0 Å². The normalized spacial score (nSPS) is 10.6. The van der Waals surface area contributed by atoms with Gasteiger partial charge >= 0.3 is 11.6 Å². The largest absolute Gasteiger partial charge is 0.453 e. The molecule has 0 bridgehead atoms. The number of benzene rings is 2. The van der Waals surface area contributed by atoms with E-state index < -0.39 is 18.2 Å². The van der Waals surface area contributed by atoms with Crippen molar-refractivity contribution in [1.29, 1.82) is 0 Å². The van der Waals surface area contributed by atoms with Crippen LogP contribution in [0.4, 0.5) is 0 Å². The highest BCUT2D eigenvalue weighted by molar-refractivity contribution is 5.99. The van der Waals surface area contributed by atoms with Crippen LogP contribution < -0.4 is 5.63 Å². The molecular formula is C20H16O5. The topological polar surface area (TPSA) is 73.6 Å². The first-order valence-electron chi connectivity index (χ1n) is 7.90. The molecule has 126 valence electrons. The fourth-order valence-electron chi connectivity index (χ4n) is 2.42. The van der Waals surface area contributed by atoms with Crippen molar-refractivity contribution in [1.82, 2.24) is 0 Å². The maximum atomic E-state index is 12.1.